The summed E-state index contributed by atoms with van der Waals surface area (Å²) in [5.74, 6) is -0.137. The minimum absolute atomic E-state index is 0.0442. The Morgan fingerprint density at radius 3 is 2.31 bits per heavy atom. The SMILES string of the molecule is Cc1nc2c(F)cc(-c3nc(Nc4ccc(C(=O)N5CCN(C(C)C)CC5)cn4)ncc3F)cc2n1C(C)C. The maximum Gasteiger partial charge on any atom is 0.255 e. The van der Waals surface area contributed by atoms with Crippen molar-refractivity contribution in [1.82, 2.24) is 34.3 Å². The van der Waals surface area contributed by atoms with E-state index in [-0.39, 0.29) is 34.7 Å². The normalized spacial score (nSPS) is 14.5. The van der Waals surface area contributed by atoms with E-state index in [1.165, 1.54) is 12.3 Å². The molecule has 1 fully saturated rings. The molecule has 9 nitrogen and oxygen atoms in total. The van der Waals surface area contributed by atoms with Crippen LogP contribution >= 0.6 is 0 Å². The van der Waals surface area contributed by atoms with E-state index in [0.29, 0.717) is 41.9 Å². The minimum atomic E-state index is -0.682. The zero-order chi connectivity index (χ0) is 27.8. The second-order valence-corrected chi connectivity index (χ2v) is 10.3. The summed E-state index contributed by atoms with van der Waals surface area (Å²) >= 11 is 0. The molecule has 11 heteroatoms. The molecule has 39 heavy (non-hydrogen) atoms. The van der Waals surface area contributed by atoms with Crippen LogP contribution in [-0.2, 0) is 0 Å². The second-order valence-electron chi connectivity index (χ2n) is 10.3. The minimum Gasteiger partial charge on any atom is -0.336 e. The standard InChI is InChI=1S/C28H32F2N8O/c1-16(2)36-8-10-37(11-9-36)27(39)19-6-7-24(31-14-19)34-28-32-15-22(30)25(35-28)20-12-21(29)26-23(13-20)38(17(3)4)18(5)33-26/h6-7,12-17H,8-11H2,1-5H3,(H,31,32,34,35). The number of piperazine rings is 1. The summed E-state index contributed by atoms with van der Waals surface area (Å²) in [4.78, 5) is 34.1. The summed E-state index contributed by atoms with van der Waals surface area (Å²) in [6, 6.07) is 6.76. The summed E-state index contributed by atoms with van der Waals surface area (Å²) in [6.07, 6.45) is 2.54. The molecule has 1 aliphatic rings. The van der Waals surface area contributed by atoms with Crippen LogP contribution in [0, 0.1) is 18.6 Å². The number of aryl methyl sites for hydroxylation is 1. The number of amides is 1. The Balaban J connectivity index is 1.35. The molecular formula is C28H32F2N8O. The van der Waals surface area contributed by atoms with Crippen LogP contribution in [0.4, 0.5) is 20.5 Å². The van der Waals surface area contributed by atoms with Gasteiger partial charge < -0.3 is 14.8 Å². The molecule has 0 spiro atoms. The summed E-state index contributed by atoms with van der Waals surface area (Å²) in [5, 5.41) is 2.95. The van der Waals surface area contributed by atoms with E-state index in [4.69, 9.17) is 0 Å². The molecule has 0 radical (unpaired) electrons. The van der Waals surface area contributed by atoms with Gasteiger partial charge in [0.2, 0.25) is 5.95 Å². The Morgan fingerprint density at radius 2 is 1.67 bits per heavy atom. The monoisotopic (exact) mass is 534 g/mol. The van der Waals surface area contributed by atoms with E-state index in [1.807, 2.05) is 30.2 Å². The van der Waals surface area contributed by atoms with Crippen LogP contribution in [0.15, 0.2) is 36.7 Å². The number of carbonyl (C=O) groups excluding carboxylic acids is 1. The highest BCUT2D eigenvalue weighted by Crippen LogP contribution is 2.30. The average Bonchev–Trinajstić information content (AvgIpc) is 3.26. The zero-order valence-corrected chi connectivity index (χ0v) is 22.7. The third-order valence-corrected chi connectivity index (χ3v) is 7.04. The molecular weight excluding hydrogens is 502 g/mol. The van der Waals surface area contributed by atoms with Crippen molar-refractivity contribution in [2.24, 2.45) is 0 Å². The second kappa shape index (κ2) is 10.6. The molecule has 5 rings (SSSR count). The van der Waals surface area contributed by atoms with Crippen LogP contribution in [0.2, 0.25) is 0 Å². The maximum absolute atomic E-state index is 15.0. The number of nitrogens with one attached hydrogen (secondary N) is 1. The highest BCUT2D eigenvalue weighted by atomic mass is 19.1. The average molecular weight is 535 g/mol. The Hall–Kier alpha value is -3.99. The van der Waals surface area contributed by atoms with Crippen molar-refractivity contribution in [2.45, 2.75) is 46.7 Å². The number of fused-ring (bicyclic) bond motifs is 1. The first-order valence-electron chi connectivity index (χ1n) is 13.1. The molecule has 204 valence electrons. The molecule has 1 amide bonds. The van der Waals surface area contributed by atoms with Crippen molar-refractivity contribution in [3.8, 4) is 11.3 Å². The lowest BCUT2D eigenvalue weighted by atomic mass is 10.1. The van der Waals surface area contributed by atoms with Crippen molar-refractivity contribution < 1.29 is 13.6 Å². The third kappa shape index (κ3) is 5.31. The summed E-state index contributed by atoms with van der Waals surface area (Å²) < 4.78 is 31.7. The number of nitrogens with zero attached hydrogens (tertiary/aromatic N) is 7. The van der Waals surface area contributed by atoms with E-state index in [0.717, 1.165) is 19.3 Å². The van der Waals surface area contributed by atoms with Gasteiger partial charge >= 0.3 is 0 Å². The summed E-state index contributed by atoms with van der Waals surface area (Å²) in [5.41, 5.74) is 1.52. The number of hydrogen-bond donors (Lipinski definition) is 1. The fourth-order valence-corrected chi connectivity index (χ4v) is 5.02. The number of halogens is 2. The predicted octanol–water partition coefficient (Wildman–Crippen LogP) is 4.97. The van der Waals surface area contributed by atoms with Crippen LogP contribution in [0.5, 0.6) is 0 Å². The van der Waals surface area contributed by atoms with Gasteiger partial charge in [-0.1, -0.05) is 0 Å². The number of pyridine rings is 1. The Morgan fingerprint density at radius 1 is 0.923 bits per heavy atom. The van der Waals surface area contributed by atoms with Gasteiger partial charge in [0, 0.05) is 50.0 Å². The van der Waals surface area contributed by atoms with E-state index in [1.54, 1.807) is 18.2 Å². The number of carbonyl (C=O) groups is 1. The molecule has 1 aromatic carbocycles. The molecule has 0 saturated carbocycles. The van der Waals surface area contributed by atoms with Crippen LogP contribution in [0.25, 0.3) is 22.3 Å². The predicted molar refractivity (Wildman–Crippen MR) is 146 cm³/mol. The molecule has 0 atom stereocenters. The van der Waals surface area contributed by atoms with Crippen LogP contribution < -0.4 is 5.32 Å². The molecule has 4 aromatic rings. The van der Waals surface area contributed by atoms with Crippen molar-refractivity contribution in [3.63, 3.8) is 0 Å². The third-order valence-electron chi connectivity index (χ3n) is 7.04. The quantitative estimate of drug-likeness (QED) is 0.374. The Labute approximate surface area is 225 Å². The first kappa shape index (κ1) is 26.6. The maximum atomic E-state index is 15.0. The van der Waals surface area contributed by atoms with Gasteiger partial charge in [-0.15, -0.1) is 0 Å². The number of imidazole rings is 1. The van der Waals surface area contributed by atoms with Crippen LogP contribution in [0.3, 0.4) is 0 Å². The Bertz CT molecular complexity index is 1510. The van der Waals surface area contributed by atoms with Crippen molar-refractivity contribution in [2.75, 3.05) is 31.5 Å². The summed E-state index contributed by atoms with van der Waals surface area (Å²) in [6.45, 7) is 13.1. The van der Waals surface area contributed by atoms with Crippen molar-refractivity contribution >= 4 is 28.7 Å². The van der Waals surface area contributed by atoms with E-state index >= 15 is 0 Å². The van der Waals surface area contributed by atoms with E-state index in [2.05, 4.69) is 44.0 Å². The topological polar surface area (TPSA) is 92.1 Å². The van der Waals surface area contributed by atoms with Crippen LogP contribution in [0.1, 0.15) is 49.9 Å². The van der Waals surface area contributed by atoms with E-state index < -0.39 is 11.6 Å². The van der Waals surface area contributed by atoms with Gasteiger partial charge in [0.15, 0.2) is 11.6 Å². The van der Waals surface area contributed by atoms with Crippen molar-refractivity contribution in [1.29, 1.82) is 0 Å². The van der Waals surface area contributed by atoms with Gasteiger partial charge in [0.25, 0.3) is 5.91 Å². The lowest BCUT2D eigenvalue weighted by Crippen LogP contribution is -2.50. The van der Waals surface area contributed by atoms with Gasteiger partial charge in [-0.25, -0.2) is 28.7 Å². The molecule has 1 saturated heterocycles. The highest BCUT2D eigenvalue weighted by molar-refractivity contribution is 5.94. The molecule has 0 aliphatic carbocycles. The Kier molecular flexibility index (Phi) is 7.26. The number of hydrogen-bond acceptors (Lipinski definition) is 7. The van der Waals surface area contributed by atoms with E-state index in [9.17, 15) is 13.6 Å². The number of benzene rings is 1. The molecule has 0 unspecified atom stereocenters. The lowest BCUT2D eigenvalue weighted by Gasteiger charge is -2.36. The van der Waals surface area contributed by atoms with Gasteiger partial charge in [-0.2, -0.15) is 0 Å². The number of aromatic nitrogens is 5. The first-order valence-corrected chi connectivity index (χ1v) is 13.1. The number of rotatable bonds is 6. The molecule has 4 heterocycles. The van der Waals surface area contributed by atoms with Gasteiger partial charge in [-0.05, 0) is 58.9 Å². The fraction of sp³-hybridized carbons (Fsp3) is 0.393. The lowest BCUT2D eigenvalue weighted by molar-refractivity contribution is 0.0595. The summed E-state index contributed by atoms with van der Waals surface area (Å²) in [7, 11) is 0. The molecule has 1 aliphatic heterocycles. The largest absolute Gasteiger partial charge is 0.336 e. The fourth-order valence-electron chi connectivity index (χ4n) is 5.02. The van der Waals surface area contributed by atoms with Gasteiger partial charge in [0.1, 0.15) is 22.9 Å². The van der Waals surface area contributed by atoms with Gasteiger partial charge in [-0.3, -0.25) is 9.69 Å². The molecule has 3 aromatic heterocycles. The first-order chi connectivity index (χ1) is 18.6. The zero-order valence-electron chi connectivity index (χ0n) is 22.7. The smallest absolute Gasteiger partial charge is 0.255 e. The highest BCUT2D eigenvalue weighted by Gasteiger charge is 2.24. The van der Waals surface area contributed by atoms with Crippen LogP contribution in [-0.4, -0.2) is 72.4 Å². The number of anilines is 2. The molecule has 0 bridgehead atoms. The molecule has 1 N–H and O–H groups in total. The van der Waals surface area contributed by atoms with Gasteiger partial charge in [0.05, 0.1) is 17.3 Å². The van der Waals surface area contributed by atoms with Crippen molar-refractivity contribution in [3.05, 3.63) is 59.7 Å².